The van der Waals surface area contributed by atoms with Crippen LogP contribution < -0.4 is 24.0 Å². The Balaban J connectivity index is 0.00000144. The van der Waals surface area contributed by atoms with Crippen LogP contribution >= 0.6 is 0 Å². The van der Waals surface area contributed by atoms with Crippen molar-refractivity contribution < 1.29 is 33.9 Å². The molecule has 0 radical (unpaired) electrons. The second kappa shape index (κ2) is 4.81. The Morgan fingerprint density at radius 2 is 2.24 bits per heavy atom. The Morgan fingerprint density at radius 1 is 1.59 bits per heavy atom. The average molecular weight is 227 g/mol. The molecule has 0 amide bonds. The standard InChI is InChI=1S/C12H15NO3.Li/c1-12(2)4-3-8-7(6-14)5-9(11(15)16)13-10(8)12;/h5,14H,3-4,6H2,1-2H3,(H,15,16);/q;+1/p-1. The largest absolute Gasteiger partial charge is 1.00 e. The molecule has 0 spiro atoms. The maximum absolute atomic E-state index is 10.8. The van der Waals surface area contributed by atoms with Gasteiger partial charge in [-0.25, -0.2) is 0 Å². The second-order valence-corrected chi connectivity index (χ2v) is 4.82. The summed E-state index contributed by atoms with van der Waals surface area (Å²) in [7, 11) is 0. The number of carboxylic acid groups (broad SMARTS) is 1. The molecule has 0 atom stereocenters. The Bertz CT molecular complexity index is 457. The number of fused-ring (bicyclic) bond motifs is 1. The van der Waals surface area contributed by atoms with E-state index in [1.54, 1.807) is 0 Å². The monoisotopic (exact) mass is 227 g/mol. The summed E-state index contributed by atoms with van der Waals surface area (Å²) in [4.78, 5) is 15.0. The number of carbonyl (C=O) groups excluding carboxylic acids is 1. The molecule has 2 rings (SSSR count). The van der Waals surface area contributed by atoms with Gasteiger partial charge in [0.2, 0.25) is 0 Å². The smallest absolute Gasteiger partial charge is 0.543 e. The first-order valence-electron chi connectivity index (χ1n) is 5.31. The number of aliphatic hydroxyl groups is 1. The van der Waals surface area contributed by atoms with E-state index in [2.05, 4.69) is 4.98 Å². The van der Waals surface area contributed by atoms with Gasteiger partial charge in [0.25, 0.3) is 0 Å². The van der Waals surface area contributed by atoms with Gasteiger partial charge in [0, 0.05) is 5.41 Å². The molecule has 0 aromatic carbocycles. The Hall–Kier alpha value is -0.823. The molecule has 0 bridgehead atoms. The van der Waals surface area contributed by atoms with E-state index in [0.29, 0.717) is 5.56 Å². The average Bonchev–Trinajstić information content (AvgIpc) is 2.54. The predicted octanol–water partition coefficient (Wildman–Crippen LogP) is -2.83. The minimum atomic E-state index is -1.29. The van der Waals surface area contributed by atoms with Crippen molar-refractivity contribution in [1.82, 2.24) is 4.98 Å². The zero-order valence-electron chi connectivity index (χ0n) is 10.4. The molecule has 0 fully saturated rings. The maximum Gasteiger partial charge on any atom is 1.00 e. The number of pyridine rings is 1. The summed E-state index contributed by atoms with van der Waals surface area (Å²) in [6, 6.07) is 1.41. The Kier molecular flexibility index (Phi) is 4.03. The van der Waals surface area contributed by atoms with Crippen molar-refractivity contribution in [3.05, 3.63) is 28.6 Å². The first-order chi connectivity index (χ1) is 7.45. The summed E-state index contributed by atoms with van der Waals surface area (Å²) in [6.45, 7) is 3.92. The Morgan fingerprint density at radius 3 is 2.76 bits per heavy atom. The van der Waals surface area contributed by atoms with Crippen molar-refractivity contribution in [2.75, 3.05) is 0 Å². The van der Waals surface area contributed by atoms with Crippen LogP contribution in [-0.4, -0.2) is 16.1 Å². The predicted molar refractivity (Wildman–Crippen MR) is 55.8 cm³/mol. The minimum Gasteiger partial charge on any atom is -0.543 e. The van der Waals surface area contributed by atoms with Crippen LogP contribution in [0, 0.1) is 0 Å². The summed E-state index contributed by atoms with van der Waals surface area (Å²) < 4.78 is 0. The third kappa shape index (κ3) is 2.39. The van der Waals surface area contributed by atoms with Crippen molar-refractivity contribution in [3.63, 3.8) is 0 Å². The van der Waals surface area contributed by atoms with E-state index in [0.717, 1.165) is 24.1 Å². The van der Waals surface area contributed by atoms with Gasteiger partial charge < -0.3 is 15.0 Å². The summed E-state index contributed by atoms with van der Waals surface area (Å²) in [5.74, 6) is -1.29. The number of aromatic carboxylic acids is 1. The number of aliphatic hydroxyl groups excluding tert-OH is 1. The molecule has 86 valence electrons. The summed E-state index contributed by atoms with van der Waals surface area (Å²) in [5, 5.41) is 20.1. The molecule has 1 aromatic rings. The molecule has 0 aliphatic heterocycles. The molecule has 4 nitrogen and oxygen atoms in total. The molecule has 0 unspecified atom stereocenters. The van der Waals surface area contributed by atoms with Crippen molar-refractivity contribution in [1.29, 1.82) is 0 Å². The molecule has 1 N–H and O–H groups in total. The zero-order chi connectivity index (χ0) is 11.9. The van der Waals surface area contributed by atoms with Gasteiger partial charge in [0.1, 0.15) is 0 Å². The molecule has 1 aliphatic carbocycles. The third-order valence-electron chi connectivity index (χ3n) is 3.24. The van der Waals surface area contributed by atoms with Gasteiger partial charge in [-0.1, -0.05) is 13.8 Å². The van der Waals surface area contributed by atoms with Crippen LogP contribution in [0.25, 0.3) is 0 Å². The number of carboxylic acids is 1. The molecule has 1 heterocycles. The minimum absolute atomic E-state index is 0. The van der Waals surface area contributed by atoms with Crippen LogP contribution in [0.3, 0.4) is 0 Å². The number of carbonyl (C=O) groups is 1. The fourth-order valence-electron chi connectivity index (χ4n) is 2.26. The number of hydrogen-bond acceptors (Lipinski definition) is 4. The molecular weight excluding hydrogens is 213 g/mol. The van der Waals surface area contributed by atoms with Gasteiger partial charge in [0.05, 0.1) is 24.0 Å². The van der Waals surface area contributed by atoms with Gasteiger partial charge >= 0.3 is 18.9 Å². The molecular formula is C12H14LiNO3. The quantitative estimate of drug-likeness (QED) is 0.552. The number of rotatable bonds is 2. The van der Waals surface area contributed by atoms with E-state index >= 15 is 0 Å². The van der Waals surface area contributed by atoms with Gasteiger partial charge in [-0.15, -0.1) is 0 Å². The number of nitrogens with zero attached hydrogens (tertiary/aromatic N) is 1. The summed E-state index contributed by atoms with van der Waals surface area (Å²) in [5.41, 5.74) is 2.24. The van der Waals surface area contributed by atoms with Crippen LogP contribution in [0.15, 0.2) is 6.07 Å². The first kappa shape index (κ1) is 14.2. The van der Waals surface area contributed by atoms with E-state index in [1.165, 1.54) is 6.07 Å². The third-order valence-corrected chi connectivity index (χ3v) is 3.24. The van der Waals surface area contributed by atoms with Crippen LogP contribution in [0.1, 0.15) is 47.6 Å². The molecule has 0 saturated carbocycles. The SMILES string of the molecule is CC1(C)CCc2c(CO)cc(C(=O)[O-])nc21.[Li+]. The normalized spacial score (nSPS) is 16.2. The van der Waals surface area contributed by atoms with E-state index in [9.17, 15) is 15.0 Å². The van der Waals surface area contributed by atoms with Gasteiger partial charge in [0.15, 0.2) is 0 Å². The fraction of sp³-hybridized carbons (Fsp3) is 0.500. The van der Waals surface area contributed by atoms with E-state index in [-0.39, 0.29) is 36.6 Å². The van der Waals surface area contributed by atoms with Crippen LogP contribution in [-0.2, 0) is 18.4 Å². The molecule has 0 saturated heterocycles. The van der Waals surface area contributed by atoms with Crippen LogP contribution in [0.2, 0.25) is 0 Å². The van der Waals surface area contributed by atoms with Crippen LogP contribution in [0.4, 0.5) is 0 Å². The van der Waals surface area contributed by atoms with Crippen LogP contribution in [0.5, 0.6) is 0 Å². The molecule has 1 aromatic heterocycles. The van der Waals surface area contributed by atoms with Gasteiger partial charge in [-0.3, -0.25) is 4.98 Å². The van der Waals surface area contributed by atoms with E-state index in [1.807, 2.05) is 13.8 Å². The van der Waals surface area contributed by atoms with E-state index in [4.69, 9.17) is 0 Å². The fourth-order valence-corrected chi connectivity index (χ4v) is 2.26. The number of aromatic nitrogens is 1. The molecule has 1 aliphatic rings. The second-order valence-electron chi connectivity index (χ2n) is 4.82. The Labute approximate surface area is 112 Å². The number of hydrogen-bond donors (Lipinski definition) is 1. The van der Waals surface area contributed by atoms with Gasteiger partial charge in [-0.2, -0.15) is 0 Å². The van der Waals surface area contributed by atoms with E-state index < -0.39 is 5.97 Å². The topological polar surface area (TPSA) is 73.2 Å². The summed E-state index contributed by atoms with van der Waals surface area (Å²) in [6.07, 6.45) is 1.78. The molecule has 17 heavy (non-hydrogen) atoms. The van der Waals surface area contributed by atoms with Crippen molar-refractivity contribution in [2.24, 2.45) is 0 Å². The van der Waals surface area contributed by atoms with Crippen molar-refractivity contribution >= 4 is 5.97 Å². The maximum atomic E-state index is 10.8. The van der Waals surface area contributed by atoms with Crippen molar-refractivity contribution in [3.8, 4) is 0 Å². The molecule has 5 heteroatoms. The summed E-state index contributed by atoms with van der Waals surface area (Å²) >= 11 is 0. The zero-order valence-corrected chi connectivity index (χ0v) is 10.4. The first-order valence-corrected chi connectivity index (χ1v) is 5.31. The van der Waals surface area contributed by atoms with Gasteiger partial charge in [-0.05, 0) is 30.0 Å². The van der Waals surface area contributed by atoms with Crippen molar-refractivity contribution in [2.45, 2.75) is 38.7 Å².